The van der Waals surface area contributed by atoms with E-state index in [0.717, 1.165) is 12.8 Å². The molecule has 1 aromatic carbocycles. The highest BCUT2D eigenvalue weighted by Crippen LogP contribution is 2.33. The van der Waals surface area contributed by atoms with Gasteiger partial charge in [-0.05, 0) is 24.0 Å². The van der Waals surface area contributed by atoms with Gasteiger partial charge >= 0.3 is 0 Å². The average Bonchev–Trinajstić information content (AvgIpc) is 2.21. The quantitative estimate of drug-likeness (QED) is 0.648. The highest BCUT2D eigenvalue weighted by atomic mass is 32.2. The van der Waals surface area contributed by atoms with Gasteiger partial charge in [0.05, 0.1) is 5.75 Å². The molecular formula is C12H14OS. The van der Waals surface area contributed by atoms with E-state index in [1.807, 2.05) is 6.07 Å². The van der Waals surface area contributed by atoms with Gasteiger partial charge in [-0.15, -0.1) is 11.8 Å². The second kappa shape index (κ2) is 4.18. The lowest BCUT2D eigenvalue weighted by atomic mass is 9.95. The van der Waals surface area contributed by atoms with Crippen LogP contribution in [0.4, 0.5) is 0 Å². The van der Waals surface area contributed by atoms with Gasteiger partial charge in [0.2, 0.25) is 0 Å². The van der Waals surface area contributed by atoms with E-state index in [1.54, 1.807) is 11.8 Å². The zero-order valence-electron chi connectivity index (χ0n) is 8.32. The fourth-order valence-corrected chi connectivity index (χ4v) is 2.85. The topological polar surface area (TPSA) is 17.1 Å². The van der Waals surface area contributed by atoms with Crippen LogP contribution in [-0.2, 0) is 4.79 Å². The molecule has 1 heterocycles. The Morgan fingerprint density at radius 1 is 1.36 bits per heavy atom. The number of hydrogen-bond acceptors (Lipinski definition) is 2. The van der Waals surface area contributed by atoms with E-state index >= 15 is 0 Å². The SMILES string of the molecule is CC1CCC(=O)CSc2ccccc21. The van der Waals surface area contributed by atoms with Crippen LogP contribution in [0.1, 0.15) is 31.2 Å². The van der Waals surface area contributed by atoms with E-state index in [4.69, 9.17) is 0 Å². The molecule has 1 nitrogen and oxygen atoms in total. The van der Waals surface area contributed by atoms with Gasteiger partial charge in [0.25, 0.3) is 0 Å². The summed E-state index contributed by atoms with van der Waals surface area (Å²) in [6, 6.07) is 8.43. The van der Waals surface area contributed by atoms with Crippen molar-refractivity contribution in [1.82, 2.24) is 0 Å². The third kappa shape index (κ3) is 2.01. The molecule has 0 N–H and O–H groups in total. The Morgan fingerprint density at radius 2 is 2.14 bits per heavy atom. The smallest absolute Gasteiger partial charge is 0.143 e. The van der Waals surface area contributed by atoms with E-state index < -0.39 is 0 Å². The first-order chi connectivity index (χ1) is 6.77. The third-order valence-electron chi connectivity index (χ3n) is 2.69. The minimum absolute atomic E-state index is 0.386. The molecule has 0 aliphatic carbocycles. The highest BCUT2D eigenvalue weighted by Gasteiger charge is 2.16. The van der Waals surface area contributed by atoms with Gasteiger partial charge in [-0.3, -0.25) is 4.79 Å². The van der Waals surface area contributed by atoms with Crippen LogP contribution in [0.15, 0.2) is 29.2 Å². The van der Waals surface area contributed by atoms with Gasteiger partial charge in [-0.25, -0.2) is 0 Å². The second-order valence-corrected chi connectivity index (χ2v) is 4.82. The summed E-state index contributed by atoms with van der Waals surface area (Å²) in [5.41, 5.74) is 1.41. The van der Waals surface area contributed by atoms with E-state index in [-0.39, 0.29) is 0 Å². The fraction of sp³-hybridized carbons (Fsp3) is 0.417. The third-order valence-corrected chi connectivity index (χ3v) is 3.84. The maximum atomic E-state index is 11.4. The lowest BCUT2D eigenvalue weighted by Gasteiger charge is -2.18. The van der Waals surface area contributed by atoms with Crippen LogP contribution in [0.2, 0.25) is 0 Å². The molecule has 0 saturated carbocycles. The Balaban J connectivity index is 2.33. The molecule has 0 amide bonds. The number of rotatable bonds is 0. The zero-order valence-corrected chi connectivity index (χ0v) is 9.14. The number of ketones is 1. The summed E-state index contributed by atoms with van der Waals surface area (Å²) in [4.78, 5) is 12.7. The lowest BCUT2D eigenvalue weighted by molar-refractivity contribution is -0.116. The first-order valence-electron chi connectivity index (χ1n) is 5.01. The van der Waals surface area contributed by atoms with Crippen molar-refractivity contribution in [2.24, 2.45) is 0 Å². The summed E-state index contributed by atoms with van der Waals surface area (Å²) in [5, 5.41) is 0. The minimum Gasteiger partial charge on any atom is -0.299 e. The van der Waals surface area contributed by atoms with Crippen LogP contribution in [-0.4, -0.2) is 11.5 Å². The fourth-order valence-electron chi connectivity index (χ4n) is 1.78. The van der Waals surface area contributed by atoms with Crippen molar-refractivity contribution in [1.29, 1.82) is 0 Å². The lowest BCUT2D eigenvalue weighted by Crippen LogP contribution is -2.08. The summed E-state index contributed by atoms with van der Waals surface area (Å²) in [7, 11) is 0. The van der Waals surface area contributed by atoms with E-state index in [9.17, 15) is 4.79 Å². The molecule has 74 valence electrons. The zero-order chi connectivity index (χ0) is 9.97. The molecule has 1 aromatic rings. The van der Waals surface area contributed by atoms with Crippen molar-refractivity contribution in [2.45, 2.75) is 30.6 Å². The number of carbonyl (C=O) groups excluding carboxylic acids is 1. The number of Topliss-reactive ketones (excluding diaryl/α,β-unsaturated/α-hetero) is 1. The summed E-state index contributed by atoms with van der Waals surface area (Å²) < 4.78 is 0. The molecule has 0 fully saturated rings. The number of thioether (sulfide) groups is 1. The Morgan fingerprint density at radius 3 is 3.00 bits per heavy atom. The molecule has 14 heavy (non-hydrogen) atoms. The first-order valence-corrected chi connectivity index (χ1v) is 5.99. The molecule has 0 spiro atoms. The molecule has 2 rings (SSSR count). The minimum atomic E-state index is 0.386. The molecule has 1 aliphatic rings. The Bertz CT molecular complexity index is 346. The largest absolute Gasteiger partial charge is 0.299 e. The van der Waals surface area contributed by atoms with Crippen molar-refractivity contribution in [2.75, 3.05) is 5.75 Å². The summed E-state index contributed by atoms with van der Waals surface area (Å²) in [5.74, 6) is 1.54. The first kappa shape index (κ1) is 9.78. The Hall–Kier alpha value is -0.760. The Kier molecular flexibility index (Phi) is 2.92. The van der Waals surface area contributed by atoms with Crippen LogP contribution >= 0.6 is 11.8 Å². The molecule has 0 aromatic heterocycles. The van der Waals surface area contributed by atoms with Crippen molar-refractivity contribution < 1.29 is 4.79 Å². The van der Waals surface area contributed by atoms with Crippen LogP contribution < -0.4 is 0 Å². The molecule has 1 unspecified atom stereocenters. The number of benzene rings is 1. The molecule has 2 heteroatoms. The molecule has 1 atom stereocenters. The van der Waals surface area contributed by atoms with Gasteiger partial charge in [0.15, 0.2) is 0 Å². The van der Waals surface area contributed by atoms with Crippen molar-refractivity contribution in [3.05, 3.63) is 29.8 Å². The molecule has 0 saturated heterocycles. The van der Waals surface area contributed by atoms with Gasteiger partial charge < -0.3 is 0 Å². The van der Waals surface area contributed by atoms with Crippen LogP contribution in [0.25, 0.3) is 0 Å². The van der Waals surface area contributed by atoms with Gasteiger partial charge in [-0.1, -0.05) is 25.1 Å². The number of carbonyl (C=O) groups is 1. The maximum absolute atomic E-state index is 11.4. The van der Waals surface area contributed by atoms with E-state index in [2.05, 4.69) is 25.1 Å². The van der Waals surface area contributed by atoms with Gasteiger partial charge in [0, 0.05) is 11.3 Å². The van der Waals surface area contributed by atoms with Gasteiger partial charge in [-0.2, -0.15) is 0 Å². The standard InChI is InChI=1S/C12H14OS/c1-9-6-7-10(13)8-14-12-5-3-2-4-11(9)12/h2-5,9H,6-8H2,1H3. The molecular weight excluding hydrogens is 192 g/mol. The van der Waals surface area contributed by atoms with Crippen LogP contribution in [0, 0.1) is 0 Å². The highest BCUT2D eigenvalue weighted by molar-refractivity contribution is 8.00. The second-order valence-electron chi connectivity index (χ2n) is 3.80. The Labute approximate surface area is 88.9 Å². The van der Waals surface area contributed by atoms with Crippen molar-refractivity contribution in [3.8, 4) is 0 Å². The van der Waals surface area contributed by atoms with Gasteiger partial charge in [0.1, 0.15) is 5.78 Å². The van der Waals surface area contributed by atoms with Crippen LogP contribution in [0.3, 0.4) is 0 Å². The molecule has 1 aliphatic heterocycles. The average molecular weight is 206 g/mol. The number of hydrogen-bond donors (Lipinski definition) is 0. The maximum Gasteiger partial charge on any atom is 0.143 e. The summed E-state index contributed by atoms with van der Waals surface area (Å²) in [6.45, 7) is 2.21. The predicted octanol–water partition coefficient (Wildman–Crippen LogP) is 3.25. The molecule has 0 bridgehead atoms. The summed E-state index contributed by atoms with van der Waals surface area (Å²) in [6.07, 6.45) is 1.74. The summed E-state index contributed by atoms with van der Waals surface area (Å²) >= 11 is 1.69. The molecule has 0 radical (unpaired) electrons. The van der Waals surface area contributed by atoms with E-state index in [0.29, 0.717) is 17.5 Å². The van der Waals surface area contributed by atoms with Crippen molar-refractivity contribution >= 4 is 17.5 Å². The van der Waals surface area contributed by atoms with E-state index in [1.165, 1.54) is 10.5 Å². The normalized spacial score (nSPS) is 22.4. The predicted molar refractivity (Wildman–Crippen MR) is 59.8 cm³/mol. The number of fused-ring (bicyclic) bond motifs is 1. The monoisotopic (exact) mass is 206 g/mol. The van der Waals surface area contributed by atoms with Crippen LogP contribution in [0.5, 0.6) is 0 Å². The van der Waals surface area contributed by atoms with Crippen molar-refractivity contribution in [3.63, 3.8) is 0 Å².